The maximum Gasteiger partial charge on any atom is 0.159 e. The molecule has 2 unspecified atom stereocenters. The summed E-state index contributed by atoms with van der Waals surface area (Å²) in [5, 5.41) is 9.51. The molecule has 4 rings (SSSR count). The fourth-order valence-electron chi connectivity index (χ4n) is 4.08. The first-order valence-electron chi connectivity index (χ1n) is 9.35. The van der Waals surface area contributed by atoms with E-state index in [9.17, 15) is 10.1 Å². The molecule has 2 aromatic rings. The highest BCUT2D eigenvalue weighted by atomic mass is 16.5. The van der Waals surface area contributed by atoms with Crippen LogP contribution in [0.1, 0.15) is 28.4 Å². The molecule has 0 aromatic heterocycles. The van der Waals surface area contributed by atoms with Crippen LogP contribution in [0.4, 0.5) is 5.69 Å². The van der Waals surface area contributed by atoms with Crippen LogP contribution in [-0.4, -0.2) is 49.1 Å². The first-order valence-corrected chi connectivity index (χ1v) is 9.35. The van der Waals surface area contributed by atoms with E-state index in [1.54, 1.807) is 19.1 Å². The second-order valence-corrected chi connectivity index (χ2v) is 7.24. The van der Waals surface area contributed by atoms with E-state index in [2.05, 4.69) is 40.1 Å². The molecule has 2 saturated heterocycles. The van der Waals surface area contributed by atoms with Gasteiger partial charge in [0.15, 0.2) is 5.78 Å². The Labute approximate surface area is 159 Å². The van der Waals surface area contributed by atoms with Gasteiger partial charge in [-0.2, -0.15) is 5.26 Å². The fourth-order valence-corrected chi connectivity index (χ4v) is 4.08. The molecule has 0 spiro atoms. The van der Waals surface area contributed by atoms with Crippen molar-refractivity contribution in [1.82, 2.24) is 4.90 Å². The second-order valence-electron chi connectivity index (χ2n) is 7.24. The van der Waals surface area contributed by atoms with Crippen LogP contribution in [0.25, 0.3) is 0 Å². The smallest absolute Gasteiger partial charge is 0.159 e. The third-order valence-corrected chi connectivity index (χ3v) is 5.51. The maximum atomic E-state index is 11.8. The van der Waals surface area contributed by atoms with E-state index in [1.807, 2.05) is 12.1 Å². The van der Waals surface area contributed by atoms with E-state index in [0.29, 0.717) is 11.1 Å². The Kier molecular flexibility index (Phi) is 4.93. The number of carbonyl (C=O) groups is 1. The topological polar surface area (TPSA) is 56.6 Å². The van der Waals surface area contributed by atoms with Crippen LogP contribution in [0, 0.1) is 11.3 Å². The minimum Gasteiger partial charge on any atom is -0.373 e. The van der Waals surface area contributed by atoms with Gasteiger partial charge in [0.1, 0.15) is 6.07 Å². The van der Waals surface area contributed by atoms with Crippen molar-refractivity contribution in [3.8, 4) is 6.07 Å². The minimum atomic E-state index is 0.0132. The van der Waals surface area contributed by atoms with Crippen LogP contribution in [0.5, 0.6) is 0 Å². The molecule has 2 fully saturated rings. The molecule has 0 aliphatic carbocycles. The van der Waals surface area contributed by atoms with E-state index < -0.39 is 0 Å². The highest BCUT2D eigenvalue weighted by Crippen LogP contribution is 2.31. The Morgan fingerprint density at radius 3 is 2.78 bits per heavy atom. The molecular formula is C22H23N3O2. The van der Waals surface area contributed by atoms with Gasteiger partial charge in [0.2, 0.25) is 0 Å². The fraction of sp³-hybridized carbons (Fsp3) is 0.364. The summed E-state index contributed by atoms with van der Waals surface area (Å²) in [6, 6.07) is 18.4. The molecule has 0 N–H and O–H groups in total. The molecule has 2 aliphatic heterocycles. The molecule has 2 heterocycles. The molecule has 2 atom stereocenters. The summed E-state index contributed by atoms with van der Waals surface area (Å²) in [7, 11) is 0. The van der Waals surface area contributed by atoms with Crippen LogP contribution in [0.2, 0.25) is 0 Å². The zero-order valence-electron chi connectivity index (χ0n) is 15.5. The summed E-state index contributed by atoms with van der Waals surface area (Å²) >= 11 is 0. The van der Waals surface area contributed by atoms with Gasteiger partial charge in [-0.15, -0.1) is 0 Å². The van der Waals surface area contributed by atoms with Crippen molar-refractivity contribution in [2.75, 3.05) is 31.1 Å². The number of anilines is 1. The van der Waals surface area contributed by atoms with Gasteiger partial charge in [0.25, 0.3) is 0 Å². The number of nitriles is 1. The van der Waals surface area contributed by atoms with Crippen molar-refractivity contribution in [2.24, 2.45) is 0 Å². The molecule has 0 bridgehead atoms. The highest BCUT2D eigenvalue weighted by molar-refractivity contribution is 5.95. The Morgan fingerprint density at radius 1 is 1.22 bits per heavy atom. The zero-order chi connectivity index (χ0) is 18.8. The molecule has 5 nitrogen and oxygen atoms in total. The number of rotatable bonds is 4. The monoisotopic (exact) mass is 361 g/mol. The first-order chi connectivity index (χ1) is 13.2. The number of hydrogen-bond acceptors (Lipinski definition) is 5. The third-order valence-electron chi connectivity index (χ3n) is 5.51. The lowest BCUT2D eigenvalue weighted by Gasteiger charge is -2.36. The van der Waals surface area contributed by atoms with Crippen molar-refractivity contribution >= 4 is 11.5 Å². The Balaban J connectivity index is 1.57. The number of morpholine rings is 1. The Hall–Kier alpha value is -2.68. The minimum absolute atomic E-state index is 0.0132. The summed E-state index contributed by atoms with van der Waals surface area (Å²) in [5.74, 6) is 0.0132. The molecule has 5 heteroatoms. The summed E-state index contributed by atoms with van der Waals surface area (Å²) < 4.78 is 6.04. The van der Waals surface area contributed by atoms with Crippen molar-refractivity contribution in [3.05, 3.63) is 65.2 Å². The largest absolute Gasteiger partial charge is 0.373 e. The van der Waals surface area contributed by atoms with Gasteiger partial charge in [0, 0.05) is 31.7 Å². The van der Waals surface area contributed by atoms with Crippen molar-refractivity contribution < 1.29 is 9.53 Å². The molecular weight excluding hydrogens is 338 g/mol. The molecule has 2 aliphatic rings. The van der Waals surface area contributed by atoms with Crippen LogP contribution in [0.3, 0.4) is 0 Å². The predicted octanol–water partition coefficient (Wildman–Crippen LogP) is 2.85. The average molecular weight is 361 g/mol. The Morgan fingerprint density at radius 2 is 2.04 bits per heavy atom. The number of Topliss-reactive ketones (excluding diaryl/α,β-unsaturated/α-hetero) is 1. The first kappa shape index (κ1) is 17.7. The van der Waals surface area contributed by atoms with Crippen molar-refractivity contribution in [1.29, 1.82) is 5.26 Å². The van der Waals surface area contributed by atoms with Gasteiger partial charge in [0.05, 0.1) is 30.0 Å². The lowest BCUT2D eigenvalue weighted by atomic mass is 10.1. The number of fused-ring (bicyclic) bond motifs is 1. The predicted molar refractivity (Wildman–Crippen MR) is 104 cm³/mol. The van der Waals surface area contributed by atoms with E-state index in [1.165, 1.54) is 5.56 Å². The lowest BCUT2D eigenvalue weighted by Crippen LogP contribution is -2.50. The van der Waals surface area contributed by atoms with Crippen LogP contribution in [0.15, 0.2) is 48.5 Å². The van der Waals surface area contributed by atoms with Gasteiger partial charge < -0.3 is 9.64 Å². The molecule has 2 aromatic carbocycles. The quantitative estimate of drug-likeness (QED) is 0.784. The molecule has 138 valence electrons. The van der Waals surface area contributed by atoms with E-state index >= 15 is 0 Å². The van der Waals surface area contributed by atoms with Gasteiger partial charge in [-0.25, -0.2) is 0 Å². The van der Waals surface area contributed by atoms with Crippen LogP contribution in [-0.2, 0) is 11.3 Å². The number of carbonyl (C=O) groups excluding carboxylic acids is 1. The maximum absolute atomic E-state index is 11.8. The summed E-state index contributed by atoms with van der Waals surface area (Å²) in [4.78, 5) is 16.5. The van der Waals surface area contributed by atoms with E-state index in [0.717, 1.165) is 38.5 Å². The molecule has 0 saturated carbocycles. The van der Waals surface area contributed by atoms with E-state index in [4.69, 9.17) is 4.74 Å². The van der Waals surface area contributed by atoms with Gasteiger partial charge >= 0.3 is 0 Å². The second kappa shape index (κ2) is 7.51. The zero-order valence-corrected chi connectivity index (χ0v) is 15.5. The van der Waals surface area contributed by atoms with Crippen molar-refractivity contribution in [3.63, 3.8) is 0 Å². The number of ether oxygens (including phenoxy) is 1. The SMILES string of the molecule is CC(=O)c1ccc(C#N)c(N2CC3OCCN(Cc4ccccc4)C3C2)c1. The van der Waals surface area contributed by atoms with Crippen LogP contribution >= 0.6 is 0 Å². The lowest BCUT2D eigenvalue weighted by molar-refractivity contribution is -0.0499. The highest BCUT2D eigenvalue weighted by Gasteiger charge is 2.40. The Bertz CT molecular complexity index is 875. The summed E-state index contributed by atoms with van der Waals surface area (Å²) in [6.45, 7) is 5.62. The molecule has 0 radical (unpaired) electrons. The van der Waals surface area contributed by atoms with Gasteiger partial charge in [-0.1, -0.05) is 30.3 Å². The molecule has 27 heavy (non-hydrogen) atoms. The standard InChI is InChI=1S/C22H23N3O2/c1-16(26)18-7-8-19(12-23)20(11-18)25-14-21-22(15-25)27-10-9-24(21)13-17-5-3-2-4-6-17/h2-8,11,21-22H,9-10,13-15H2,1H3. The number of nitrogens with zero attached hydrogens (tertiary/aromatic N) is 3. The summed E-state index contributed by atoms with van der Waals surface area (Å²) in [5.41, 5.74) is 3.38. The van der Waals surface area contributed by atoms with Crippen LogP contribution < -0.4 is 4.90 Å². The average Bonchev–Trinajstić information content (AvgIpc) is 3.13. The third kappa shape index (κ3) is 3.59. The van der Waals surface area contributed by atoms with Gasteiger partial charge in [-0.05, 0) is 30.7 Å². The summed E-state index contributed by atoms with van der Waals surface area (Å²) in [6.07, 6.45) is 0.120. The molecule has 0 amide bonds. The van der Waals surface area contributed by atoms with E-state index in [-0.39, 0.29) is 17.9 Å². The number of hydrogen-bond donors (Lipinski definition) is 0. The van der Waals surface area contributed by atoms with Crippen molar-refractivity contribution in [2.45, 2.75) is 25.6 Å². The number of ketones is 1. The normalized spacial score (nSPS) is 22.3. The van der Waals surface area contributed by atoms with Gasteiger partial charge in [-0.3, -0.25) is 9.69 Å². The number of benzene rings is 2.